The van der Waals surface area contributed by atoms with Gasteiger partial charge in [0, 0.05) is 39.4 Å². The molecule has 2 aliphatic rings. The highest BCUT2D eigenvalue weighted by atomic mass is 79.9. The van der Waals surface area contributed by atoms with E-state index in [9.17, 15) is 14.4 Å². The van der Waals surface area contributed by atoms with Gasteiger partial charge in [-0.15, -0.1) is 0 Å². The summed E-state index contributed by atoms with van der Waals surface area (Å²) in [6.07, 6.45) is 3.17. The minimum Gasteiger partial charge on any atom is -0.361 e. The van der Waals surface area contributed by atoms with Crippen molar-refractivity contribution in [1.29, 1.82) is 0 Å². The minimum atomic E-state index is -0.466. The van der Waals surface area contributed by atoms with Gasteiger partial charge in [0.15, 0.2) is 0 Å². The van der Waals surface area contributed by atoms with E-state index in [4.69, 9.17) is 0 Å². The van der Waals surface area contributed by atoms with Crippen LogP contribution >= 0.6 is 27.7 Å². The lowest BCUT2D eigenvalue weighted by Gasteiger charge is -2.37. The highest BCUT2D eigenvalue weighted by Crippen LogP contribution is 2.35. The number of carbonyl (C=O) groups is 3. The van der Waals surface area contributed by atoms with Crippen molar-refractivity contribution < 1.29 is 14.4 Å². The van der Waals surface area contributed by atoms with Crippen LogP contribution in [0.2, 0.25) is 0 Å². The van der Waals surface area contributed by atoms with E-state index in [1.165, 1.54) is 0 Å². The maximum absolute atomic E-state index is 12.6. The van der Waals surface area contributed by atoms with Crippen LogP contribution < -0.4 is 21.3 Å². The Morgan fingerprint density at radius 3 is 2.43 bits per heavy atom. The molecule has 7 nitrogen and oxygen atoms in total. The summed E-state index contributed by atoms with van der Waals surface area (Å²) in [6.45, 7) is 0. The smallest absolute Gasteiger partial charge is 0.255 e. The van der Waals surface area contributed by atoms with Crippen molar-refractivity contribution >= 4 is 62.5 Å². The largest absolute Gasteiger partial charge is 0.361 e. The van der Waals surface area contributed by atoms with E-state index in [1.807, 2.05) is 6.07 Å². The zero-order chi connectivity index (χ0) is 21.1. The molecule has 0 saturated carbocycles. The molecule has 2 aromatic rings. The lowest BCUT2D eigenvalue weighted by Crippen LogP contribution is -2.57. The van der Waals surface area contributed by atoms with Crippen LogP contribution in [-0.2, 0) is 9.59 Å². The van der Waals surface area contributed by atoms with Crippen LogP contribution in [0.1, 0.15) is 16.8 Å². The molecule has 1 saturated heterocycles. The van der Waals surface area contributed by atoms with Gasteiger partial charge in [-0.05, 0) is 48.6 Å². The Labute approximate surface area is 186 Å². The SMILES string of the molecule is O=C(/C=C/C(=O)Nc1ccc2c(c1)C(=O)NC1(CCSC1)N2)Nc1cccc(Br)c1. The third-order valence-electron chi connectivity index (χ3n) is 4.76. The van der Waals surface area contributed by atoms with Crippen LogP contribution in [0.15, 0.2) is 59.1 Å². The molecule has 30 heavy (non-hydrogen) atoms. The number of anilines is 3. The first-order valence-electron chi connectivity index (χ1n) is 9.31. The molecule has 0 radical (unpaired) electrons. The number of benzene rings is 2. The van der Waals surface area contributed by atoms with Gasteiger partial charge in [-0.25, -0.2) is 0 Å². The number of carbonyl (C=O) groups excluding carboxylic acids is 3. The van der Waals surface area contributed by atoms with Crippen LogP contribution in [-0.4, -0.2) is 34.9 Å². The van der Waals surface area contributed by atoms with E-state index in [-0.39, 0.29) is 11.6 Å². The van der Waals surface area contributed by atoms with Crippen molar-refractivity contribution in [1.82, 2.24) is 5.32 Å². The van der Waals surface area contributed by atoms with Crippen LogP contribution in [0, 0.1) is 0 Å². The summed E-state index contributed by atoms with van der Waals surface area (Å²) >= 11 is 5.13. The quantitative estimate of drug-likeness (QED) is 0.495. The number of rotatable bonds is 4. The van der Waals surface area contributed by atoms with E-state index in [0.717, 1.165) is 40.2 Å². The number of hydrogen-bond donors (Lipinski definition) is 4. The predicted octanol–water partition coefficient (Wildman–Crippen LogP) is 3.57. The fourth-order valence-corrected chi connectivity index (χ4v) is 5.01. The Kier molecular flexibility index (Phi) is 5.83. The number of fused-ring (bicyclic) bond motifs is 1. The lowest BCUT2D eigenvalue weighted by atomic mass is 10.0. The highest BCUT2D eigenvalue weighted by Gasteiger charge is 2.40. The molecule has 1 fully saturated rings. The summed E-state index contributed by atoms with van der Waals surface area (Å²) in [4.78, 5) is 36.7. The second-order valence-corrected chi connectivity index (χ2v) is 9.07. The minimum absolute atomic E-state index is 0.161. The van der Waals surface area contributed by atoms with Gasteiger partial charge in [0.05, 0.1) is 5.56 Å². The molecule has 4 N–H and O–H groups in total. The molecule has 154 valence electrons. The first-order valence-corrected chi connectivity index (χ1v) is 11.3. The third kappa shape index (κ3) is 4.68. The molecular formula is C21H19BrN4O3S. The molecule has 1 spiro atoms. The van der Waals surface area contributed by atoms with Crippen molar-refractivity contribution in [2.45, 2.75) is 12.1 Å². The average molecular weight is 487 g/mol. The van der Waals surface area contributed by atoms with Crippen molar-refractivity contribution in [2.24, 2.45) is 0 Å². The Morgan fingerprint density at radius 1 is 1.03 bits per heavy atom. The van der Waals surface area contributed by atoms with Gasteiger partial charge < -0.3 is 21.3 Å². The normalized spacial score (nSPS) is 19.8. The Morgan fingerprint density at radius 2 is 1.77 bits per heavy atom. The zero-order valence-corrected chi connectivity index (χ0v) is 18.2. The summed E-state index contributed by atoms with van der Waals surface area (Å²) in [6, 6.07) is 12.3. The number of halogens is 1. The standard InChI is InChI=1S/C21H19BrN4O3S/c22-13-2-1-3-14(10-13)23-18(27)6-7-19(28)24-15-4-5-17-16(11-15)20(29)26-21(25-17)8-9-30-12-21/h1-7,10-11,25H,8-9,12H2,(H,23,27)(H,24,28)(H,26,29)/b7-6+. The maximum atomic E-state index is 12.6. The first-order chi connectivity index (χ1) is 14.4. The molecule has 2 heterocycles. The second kappa shape index (κ2) is 8.53. The number of hydrogen-bond acceptors (Lipinski definition) is 5. The predicted molar refractivity (Wildman–Crippen MR) is 123 cm³/mol. The second-order valence-electron chi connectivity index (χ2n) is 7.05. The fourth-order valence-electron chi connectivity index (χ4n) is 3.34. The van der Waals surface area contributed by atoms with Crippen molar-refractivity contribution in [3.05, 3.63) is 64.7 Å². The van der Waals surface area contributed by atoms with Gasteiger partial charge in [-0.1, -0.05) is 22.0 Å². The van der Waals surface area contributed by atoms with Gasteiger partial charge in [-0.2, -0.15) is 11.8 Å². The van der Waals surface area contributed by atoms with Gasteiger partial charge in [0.25, 0.3) is 5.91 Å². The maximum Gasteiger partial charge on any atom is 0.255 e. The molecule has 3 amide bonds. The van der Waals surface area contributed by atoms with Crippen LogP contribution in [0.3, 0.4) is 0 Å². The molecule has 0 aromatic heterocycles. The summed E-state index contributed by atoms with van der Waals surface area (Å²) in [5.74, 6) is 0.775. The number of thioether (sulfide) groups is 1. The number of amides is 3. The van der Waals surface area contributed by atoms with Crippen LogP contribution in [0.25, 0.3) is 0 Å². The molecule has 1 unspecified atom stereocenters. The van der Waals surface area contributed by atoms with Gasteiger partial charge in [-0.3, -0.25) is 14.4 Å². The molecule has 2 aliphatic heterocycles. The Hall–Kier alpha value is -2.78. The van der Waals surface area contributed by atoms with E-state index >= 15 is 0 Å². The highest BCUT2D eigenvalue weighted by molar-refractivity contribution is 9.10. The zero-order valence-electron chi connectivity index (χ0n) is 15.8. The molecule has 0 bridgehead atoms. The topological polar surface area (TPSA) is 99.3 Å². The first kappa shape index (κ1) is 20.5. The number of nitrogens with one attached hydrogen (secondary N) is 4. The monoisotopic (exact) mass is 486 g/mol. The van der Waals surface area contributed by atoms with E-state index in [0.29, 0.717) is 16.9 Å². The summed E-state index contributed by atoms with van der Waals surface area (Å²) < 4.78 is 0.838. The fraction of sp³-hybridized carbons (Fsp3) is 0.190. The summed E-state index contributed by atoms with van der Waals surface area (Å²) in [5.41, 5.74) is 1.94. The van der Waals surface area contributed by atoms with Crippen molar-refractivity contribution in [2.75, 3.05) is 27.5 Å². The molecule has 1 atom stereocenters. The van der Waals surface area contributed by atoms with E-state index in [1.54, 1.807) is 48.2 Å². The van der Waals surface area contributed by atoms with Crippen molar-refractivity contribution in [3.8, 4) is 0 Å². The molecular weight excluding hydrogens is 468 g/mol. The van der Waals surface area contributed by atoms with E-state index < -0.39 is 11.8 Å². The Balaban J connectivity index is 1.38. The summed E-state index contributed by atoms with van der Waals surface area (Å²) in [7, 11) is 0. The average Bonchev–Trinajstić information content (AvgIpc) is 3.14. The Bertz CT molecular complexity index is 1050. The van der Waals surface area contributed by atoms with Crippen LogP contribution in [0.4, 0.5) is 17.1 Å². The van der Waals surface area contributed by atoms with Gasteiger partial charge >= 0.3 is 0 Å². The van der Waals surface area contributed by atoms with Gasteiger partial charge in [0.1, 0.15) is 5.66 Å². The molecule has 9 heteroatoms. The summed E-state index contributed by atoms with van der Waals surface area (Å²) in [5, 5.41) is 11.8. The van der Waals surface area contributed by atoms with Crippen LogP contribution in [0.5, 0.6) is 0 Å². The lowest BCUT2D eigenvalue weighted by molar-refractivity contribution is -0.114. The van der Waals surface area contributed by atoms with Gasteiger partial charge in [0.2, 0.25) is 11.8 Å². The molecule has 2 aromatic carbocycles. The molecule has 0 aliphatic carbocycles. The van der Waals surface area contributed by atoms with E-state index in [2.05, 4.69) is 37.2 Å². The third-order valence-corrected chi connectivity index (χ3v) is 6.44. The molecule has 4 rings (SSSR count). The van der Waals surface area contributed by atoms with Crippen molar-refractivity contribution in [3.63, 3.8) is 0 Å².